The molecule has 5 rings (SSSR count). The highest BCUT2D eigenvalue weighted by Gasteiger charge is 2.32. The molecule has 0 bridgehead atoms. The van der Waals surface area contributed by atoms with Crippen LogP contribution in [0, 0.1) is 9.20 Å². The zero-order chi connectivity index (χ0) is 38.8. The molecule has 0 spiro atoms. The third kappa shape index (κ3) is 9.03. The normalized spacial score (nSPS) is 17.6. The van der Waals surface area contributed by atoms with E-state index >= 15 is 0 Å². The Kier molecular flexibility index (Phi) is 12.9. The zero-order valence-corrected chi connectivity index (χ0v) is 32.9. The summed E-state index contributed by atoms with van der Waals surface area (Å²) in [6.45, 7) is 0.515. The molecule has 2 aliphatic heterocycles. The molecule has 4 heterocycles. The smallest absolute Gasteiger partial charge is 0.323 e. The summed E-state index contributed by atoms with van der Waals surface area (Å²) >= 11 is 9.16. The van der Waals surface area contributed by atoms with E-state index in [1.54, 1.807) is 19.1 Å². The van der Waals surface area contributed by atoms with Crippen molar-refractivity contribution in [3.63, 3.8) is 0 Å². The van der Waals surface area contributed by atoms with Crippen LogP contribution in [0.15, 0.2) is 43.8 Å². The molecule has 1 amide bonds. The van der Waals surface area contributed by atoms with Crippen molar-refractivity contribution in [3.05, 3.63) is 74.0 Å². The van der Waals surface area contributed by atoms with Crippen LogP contribution in [0.3, 0.4) is 0 Å². The van der Waals surface area contributed by atoms with E-state index in [1.165, 1.54) is 23.7 Å². The van der Waals surface area contributed by atoms with Crippen LogP contribution >= 0.6 is 58.4 Å². The van der Waals surface area contributed by atoms with Crippen LogP contribution in [-0.2, 0) is 48.9 Å². The maximum absolute atomic E-state index is 14.0. The predicted octanol–water partition coefficient (Wildman–Crippen LogP) is 0.989. The molecule has 1 aromatic carbocycles. The number of allylic oxidation sites excluding steroid dienone is 1. The summed E-state index contributed by atoms with van der Waals surface area (Å²) < 4.78 is 38.8. The topological polar surface area (TPSA) is 226 Å². The Morgan fingerprint density at radius 1 is 0.981 bits per heavy atom. The van der Waals surface area contributed by atoms with Crippen LogP contribution in [0.1, 0.15) is 25.3 Å². The Balaban J connectivity index is 1.70. The number of carbonyl (C=O) groups excluding carboxylic acids is 1. The van der Waals surface area contributed by atoms with E-state index < -0.39 is 57.9 Å². The second-order valence-electron chi connectivity index (χ2n) is 11.4. The quantitative estimate of drug-likeness (QED) is 0.101. The highest BCUT2D eigenvalue weighted by atomic mass is 32.2. The first-order chi connectivity index (χ1) is 25.0. The number of thiocarbonyl (C=S) groups is 1. The number of ether oxygens (including phenoxy) is 1. The van der Waals surface area contributed by atoms with Gasteiger partial charge in [-0.25, -0.2) is 0 Å². The molecule has 0 saturated carbocycles. The molecule has 1 saturated heterocycles. The number of aliphatic carboxylic acids is 2. The van der Waals surface area contributed by atoms with Gasteiger partial charge in [0.2, 0.25) is 0 Å². The number of carboxylic acid groups (broad SMARTS) is 2. The van der Waals surface area contributed by atoms with Gasteiger partial charge in [0.15, 0.2) is 0 Å². The minimum Gasteiger partial charge on any atom is -0.480 e. The van der Waals surface area contributed by atoms with E-state index in [1.807, 2.05) is 17.0 Å². The Hall–Kier alpha value is -3.61. The van der Waals surface area contributed by atoms with Gasteiger partial charge in [-0.2, -0.15) is 8.42 Å². The van der Waals surface area contributed by atoms with Crippen molar-refractivity contribution in [2.24, 2.45) is 0 Å². The SMILES string of the molecule is CCC(C=C1Sc2ccc(CO)cc2N1CCOCCCS(=O)(=O)O)=c1s/c(=c2/s/c(=C3/SC(=S)N(C)C3=O)n(CC(=O)O)c2=O)n(CC(=O)O)c1=O. The number of aliphatic hydroxyl groups excluding tert-OH is 1. The number of carbonyl (C=O) groups is 3. The Morgan fingerprint density at radius 2 is 1.66 bits per heavy atom. The second-order valence-corrected chi connectivity index (χ2v) is 17.7. The van der Waals surface area contributed by atoms with Crippen molar-refractivity contribution < 1.29 is 47.4 Å². The fraction of sp³-hybridized carbons (Fsp3) is 0.355. The summed E-state index contributed by atoms with van der Waals surface area (Å²) in [5.41, 5.74) is 0.412. The predicted molar refractivity (Wildman–Crippen MR) is 205 cm³/mol. The Labute approximate surface area is 322 Å². The molecule has 2 aromatic heterocycles. The molecule has 53 heavy (non-hydrogen) atoms. The molecule has 4 N–H and O–H groups in total. The number of aliphatic hydroxyl groups is 1. The highest BCUT2D eigenvalue weighted by molar-refractivity contribution is 8.30. The van der Waals surface area contributed by atoms with Gasteiger partial charge >= 0.3 is 11.9 Å². The van der Waals surface area contributed by atoms with E-state index in [9.17, 15) is 47.7 Å². The summed E-state index contributed by atoms with van der Waals surface area (Å²) in [7, 11) is -2.68. The van der Waals surface area contributed by atoms with Gasteiger partial charge in [0, 0.05) is 25.1 Å². The molecule has 16 nitrogen and oxygen atoms in total. The summed E-state index contributed by atoms with van der Waals surface area (Å²) in [6, 6.07) is 5.42. The minimum atomic E-state index is -4.13. The summed E-state index contributed by atoms with van der Waals surface area (Å²) in [4.78, 5) is 68.6. The van der Waals surface area contributed by atoms with E-state index in [-0.39, 0.29) is 60.4 Å². The maximum atomic E-state index is 14.0. The summed E-state index contributed by atoms with van der Waals surface area (Å²) in [5.74, 6) is -3.70. The molecule has 284 valence electrons. The summed E-state index contributed by atoms with van der Waals surface area (Å²) in [5, 5.41) is 29.9. The van der Waals surface area contributed by atoms with Crippen LogP contribution in [0.2, 0.25) is 0 Å². The number of hydrogen-bond donors (Lipinski definition) is 4. The number of anilines is 1. The highest BCUT2D eigenvalue weighted by Crippen LogP contribution is 2.46. The lowest BCUT2D eigenvalue weighted by Gasteiger charge is -2.21. The standard InChI is InChI=1S/C31H32N4O12S6/c1-3-17(12-20-33(7-9-47-8-4-10-53(44,45)46)18-11-16(15-36)5-6-19(18)49-20)23-27(42)34(13-21(37)38)30(50-23)25-28(43)35(14-22(39)40)29(51-25)24-26(41)32(2)31(48)52-24/h5-6,11-12,36H,3-4,7-10,13-15H2,1-2H3,(H,37,38)(H,39,40)(H,44,45,46)/b20-12?,23-17?,29-24+,30-25+. The van der Waals surface area contributed by atoms with Crippen molar-refractivity contribution >= 4 is 107 Å². The number of amides is 1. The van der Waals surface area contributed by atoms with Crippen molar-refractivity contribution in [2.45, 2.75) is 44.4 Å². The Morgan fingerprint density at radius 3 is 2.25 bits per heavy atom. The number of thiazole rings is 2. The number of benzene rings is 1. The number of hydrogen-bond acceptors (Lipinski definition) is 15. The van der Waals surface area contributed by atoms with E-state index in [4.69, 9.17) is 21.5 Å². The molecule has 0 aliphatic carbocycles. The number of thioether (sulfide) groups is 2. The van der Waals surface area contributed by atoms with Crippen LogP contribution < -0.4 is 25.2 Å². The lowest BCUT2D eigenvalue weighted by atomic mass is 10.2. The molecular formula is C31H32N4O12S6. The van der Waals surface area contributed by atoms with Crippen molar-refractivity contribution in [3.8, 4) is 0 Å². The number of aromatic nitrogens is 2. The molecule has 0 atom stereocenters. The first kappa shape index (κ1) is 40.6. The van der Waals surface area contributed by atoms with Crippen LogP contribution in [0.25, 0.3) is 10.5 Å². The van der Waals surface area contributed by atoms with E-state index in [2.05, 4.69) is 0 Å². The second kappa shape index (κ2) is 16.8. The zero-order valence-electron chi connectivity index (χ0n) is 28.0. The number of carboxylic acids is 2. The van der Waals surface area contributed by atoms with Gasteiger partial charge < -0.3 is 25.0 Å². The third-order valence-electron chi connectivity index (χ3n) is 7.80. The van der Waals surface area contributed by atoms with Crippen LogP contribution in [-0.4, -0.2) is 97.0 Å². The van der Waals surface area contributed by atoms with Gasteiger partial charge in [-0.3, -0.25) is 42.6 Å². The van der Waals surface area contributed by atoms with Crippen molar-refractivity contribution in [1.82, 2.24) is 14.0 Å². The summed E-state index contributed by atoms with van der Waals surface area (Å²) in [6.07, 6.45) is 2.16. The molecule has 3 aromatic rings. The molecule has 0 unspecified atom stereocenters. The molecule has 1 fully saturated rings. The first-order valence-electron chi connectivity index (χ1n) is 15.6. The van der Waals surface area contributed by atoms with Gasteiger partial charge in [0.1, 0.15) is 36.2 Å². The Bertz CT molecular complexity index is 2500. The largest absolute Gasteiger partial charge is 0.480 e. The lowest BCUT2D eigenvalue weighted by Crippen LogP contribution is -2.32. The van der Waals surface area contributed by atoms with Gasteiger partial charge in [-0.1, -0.05) is 48.7 Å². The van der Waals surface area contributed by atoms with Crippen molar-refractivity contribution in [1.29, 1.82) is 0 Å². The first-order valence-corrected chi connectivity index (χ1v) is 20.9. The van der Waals surface area contributed by atoms with Gasteiger partial charge in [0.25, 0.3) is 27.1 Å². The number of nitrogens with zero attached hydrogens (tertiary/aromatic N) is 4. The molecule has 22 heteroatoms. The number of fused-ring (bicyclic) bond motifs is 1. The third-order valence-corrected chi connectivity index (χ3v) is 14.0. The monoisotopic (exact) mass is 844 g/mol. The molecule has 0 radical (unpaired) electrons. The van der Waals surface area contributed by atoms with Crippen LogP contribution in [0.5, 0.6) is 0 Å². The van der Waals surface area contributed by atoms with Crippen molar-refractivity contribution in [2.75, 3.05) is 37.5 Å². The van der Waals surface area contributed by atoms with Gasteiger partial charge in [-0.15, -0.1) is 22.7 Å². The average Bonchev–Trinajstić information content (AvgIpc) is 3.78. The van der Waals surface area contributed by atoms with Crippen LogP contribution in [0.4, 0.5) is 5.69 Å². The van der Waals surface area contributed by atoms with Gasteiger partial charge in [-0.05, 0) is 42.2 Å². The molecular weight excluding hydrogens is 813 g/mol. The molecule has 2 aliphatic rings. The number of rotatable bonds is 14. The minimum absolute atomic E-state index is 0.0124. The lowest BCUT2D eigenvalue weighted by molar-refractivity contribution is -0.138. The fourth-order valence-electron chi connectivity index (χ4n) is 5.29. The maximum Gasteiger partial charge on any atom is 0.323 e. The fourth-order valence-corrected chi connectivity index (χ4v) is 10.7. The van der Waals surface area contributed by atoms with E-state index in [0.717, 1.165) is 54.2 Å². The van der Waals surface area contributed by atoms with Gasteiger partial charge in [0.05, 0.1) is 34.2 Å². The average molecular weight is 845 g/mol. The van der Waals surface area contributed by atoms with E-state index in [0.29, 0.717) is 22.6 Å².